The Morgan fingerprint density at radius 2 is 2.20 bits per heavy atom. The number of thioether (sulfide) groups is 2. The van der Waals surface area contributed by atoms with Gasteiger partial charge in [-0.3, -0.25) is 4.98 Å². The Morgan fingerprint density at radius 1 is 1.40 bits per heavy atom. The zero-order valence-corrected chi connectivity index (χ0v) is 10.3. The number of pyridine rings is 1. The lowest BCUT2D eigenvalue weighted by atomic mass is 10.1. The van der Waals surface area contributed by atoms with Gasteiger partial charge in [0.1, 0.15) is 0 Å². The summed E-state index contributed by atoms with van der Waals surface area (Å²) in [6.45, 7) is 0. The number of rotatable bonds is 3. The van der Waals surface area contributed by atoms with E-state index in [1.807, 2.05) is 35.9 Å². The predicted molar refractivity (Wildman–Crippen MR) is 69.5 cm³/mol. The summed E-state index contributed by atoms with van der Waals surface area (Å²) in [5, 5.41) is 0.622. The van der Waals surface area contributed by atoms with Gasteiger partial charge in [-0.15, -0.1) is 0 Å². The zero-order chi connectivity index (χ0) is 10.5. The third kappa shape index (κ3) is 3.40. The van der Waals surface area contributed by atoms with E-state index >= 15 is 0 Å². The maximum atomic E-state index is 6.23. The summed E-state index contributed by atoms with van der Waals surface area (Å²) >= 11 is 4.06. The van der Waals surface area contributed by atoms with Crippen molar-refractivity contribution in [1.82, 2.24) is 4.98 Å². The smallest absolute Gasteiger partial charge is 0.0293 e. The average molecular weight is 240 g/mol. The highest BCUT2D eigenvalue weighted by Crippen LogP contribution is 2.26. The number of nitrogens with two attached hydrogens (primary N) is 1. The molecule has 2 rings (SSSR count). The Hall–Kier alpha value is -0.190. The highest BCUT2D eigenvalue weighted by Gasteiger charge is 2.21. The molecule has 0 bridgehead atoms. The molecule has 2 heterocycles. The van der Waals surface area contributed by atoms with E-state index in [9.17, 15) is 0 Å². The molecule has 1 aromatic rings. The second-order valence-corrected chi connectivity index (χ2v) is 6.20. The summed E-state index contributed by atoms with van der Waals surface area (Å²) in [5.74, 6) is 3.74. The van der Waals surface area contributed by atoms with Gasteiger partial charge in [-0.05, 0) is 24.1 Å². The highest BCUT2D eigenvalue weighted by molar-refractivity contribution is 8.06. The standard InChI is InChI=1S/C11H16N2S2/c12-10(11-8-14-5-6-15-11)7-9-1-3-13-4-2-9/h1-4,10-11H,5-8,12H2. The van der Waals surface area contributed by atoms with Crippen LogP contribution < -0.4 is 5.73 Å². The molecule has 0 radical (unpaired) electrons. The van der Waals surface area contributed by atoms with E-state index in [2.05, 4.69) is 17.1 Å². The normalized spacial score (nSPS) is 23.7. The van der Waals surface area contributed by atoms with Crippen LogP contribution in [0.4, 0.5) is 0 Å². The van der Waals surface area contributed by atoms with Crippen LogP contribution in [0.25, 0.3) is 0 Å². The molecule has 1 fully saturated rings. The topological polar surface area (TPSA) is 38.9 Å². The fourth-order valence-electron chi connectivity index (χ4n) is 1.68. The molecule has 1 aliphatic heterocycles. The second kappa shape index (κ2) is 5.77. The Kier molecular flexibility index (Phi) is 4.35. The molecular weight excluding hydrogens is 224 g/mol. The van der Waals surface area contributed by atoms with E-state index in [1.165, 1.54) is 22.8 Å². The molecule has 2 unspecified atom stereocenters. The minimum Gasteiger partial charge on any atom is -0.326 e. The van der Waals surface area contributed by atoms with Crippen molar-refractivity contribution in [2.45, 2.75) is 17.7 Å². The molecule has 2 nitrogen and oxygen atoms in total. The van der Waals surface area contributed by atoms with Gasteiger partial charge in [-0.25, -0.2) is 0 Å². The first-order valence-electron chi connectivity index (χ1n) is 5.20. The van der Waals surface area contributed by atoms with Crippen LogP contribution in [0.15, 0.2) is 24.5 Å². The van der Waals surface area contributed by atoms with Crippen LogP contribution in [0.3, 0.4) is 0 Å². The van der Waals surface area contributed by atoms with Gasteiger partial charge in [-0.2, -0.15) is 23.5 Å². The van der Waals surface area contributed by atoms with Crippen molar-refractivity contribution < 1.29 is 0 Å². The third-order valence-corrected chi connectivity index (χ3v) is 5.48. The van der Waals surface area contributed by atoms with Crippen LogP contribution in [-0.4, -0.2) is 33.5 Å². The highest BCUT2D eigenvalue weighted by atomic mass is 32.2. The molecule has 1 aromatic heterocycles. The Balaban J connectivity index is 1.88. The first-order valence-corrected chi connectivity index (χ1v) is 7.40. The quantitative estimate of drug-likeness (QED) is 0.874. The SMILES string of the molecule is NC(Cc1ccncc1)C1CSCCS1. The Bertz CT molecular complexity index is 286. The monoisotopic (exact) mass is 240 g/mol. The van der Waals surface area contributed by atoms with Crippen molar-refractivity contribution in [2.75, 3.05) is 17.3 Å². The fourth-order valence-corrected chi connectivity index (χ4v) is 4.50. The molecule has 0 aromatic carbocycles. The van der Waals surface area contributed by atoms with E-state index in [4.69, 9.17) is 5.73 Å². The molecule has 1 aliphatic rings. The lowest BCUT2D eigenvalue weighted by molar-refractivity contribution is 0.663. The summed E-state index contributed by atoms with van der Waals surface area (Å²) in [5.41, 5.74) is 7.53. The van der Waals surface area contributed by atoms with E-state index < -0.39 is 0 Å². The van der Waals surface area contributed by atoms with E-state index in [-0.39, 0.29) is 6.04 Å². The van der Waals surface area contributed by atoms with Crippen LogP contribution in [0.2, 0.25) is 0 Å². The summed E-state index contributed by atoms with van der Waals surface area (Å²) in [7, 11) is 0. The minimum atomic E-state index is 0.283. The molecule has 0 spiro atoms. The fraction of sp³-hybridized carbons (Fsp3) is 0.545. The lowest BCUT2D eigenvalue weighted by Gasteiger charge is -2.26. The molecular formula is C11H16N2S2. The van der Waals surface area contributed by atoms with Gasteiger partial charge in [0.2, 0.25) is 0 Å². The Morgan fingerprint density at radius 3 is 2.87 bits per heavy atom. The molecule has 0 aliphatic carbocycles. The van der Waals surface area contributed by atoms with Crippen LogP contribution >= 0.6 is 23.5 Å². The first-order chi connectivity index (χ1) is 7.36. The van der Waals surface area contributed by atoms with E-state index in [0.29, 0.717) is 5.25 Å². The van der Waals surface area contributed by atoms with Gasteiger partial charge in [0.25, 0.3) is 0 Å². The summed E-state index contributed by atoms with van der Waals surface area (Å²) in [4.78, 5) is 4.02. The Labute approximate surface area is 99.4 Å². The number of aromatic nitrogens is 1. The maximum Gasteiger partial charge on any atom is 0.0293 e. The predicted octanol–water partition coefficient (Wildman–Crippen LogP) is 1.80. The second-order valence-electron chi connectivity index (χ2n) is 3.71. The van der Waals surface area contributed by atoms with Gasteiger partial charge in [0.15, 0.2) is 0 Å². The van der Waals surface area contributed by atoms with Gasteiger partial charge < -0.3 is 5.73 Å². The van der Waals surface area contributed by atoms with Crippen LogP contribution in [0, 0.1) is 0 Å². The molecule has 0 saturated carbocycles. The van der Waals surface area contributed by atoms with Crippen molar-refractivity contribution in [3.05, 3.63) is 30.1 Å². The van der Waals surface area contributed by atoms with Crippen LogP contribution in [0.1, 0.15) is 5.56 Å². The van der Waals surface area contributed by atoms with E-state index in [1.54, 1.807) is 0 Å². The summed E-state index contributed by atoms with van der Waals surface area (Å²) in [6.07, 6.45) is 4.65. The number of hydrogen-bond donors (Lipinski definition) is 1. The van der Waals surface area contributed by atoms with Crippen molar-refractivity contribution in [3.8, 4) is 0 Å². The maximum absolute atomic E-state index is 6.23. The number of nitrogens with zero attached hydrogens (tertiary/aromatic N) is 1. The molecule has 2 N–H and O–H groups in total. The third-order valence-electron chi connectivity index (χ3n) is 2.54. The van der Waals surface area contributed by atoms with Gasteiger partial charge in [0, 0.05) is 40.9 Å². The molecule has 4 heteroatoms. The molecule has 15 heavy (non-hydrogen) atoms. The zero-order valence-electron chi connectivity index (χ0n) is 8.63. The number of hydrogen-bond acceptors (Lipinski definition) is 4. The van der Waals surface area contributed by atoms with E-state index in [0.717, 1.165) is 6.42 Å². The first kappa shape index (κ1) is 11.3. The largest absolute Gasteiger partial charge is 0.326 e. The molecule has 82 valence electrons. The minimum absolute atomic E-state index is 0.283. The van der Waals surface area contributed by atoms with Crippen molar-refractivity contribution in [1.29, 1.82) is 0 Å². The van der Waals surface area contributed by atoms with Crippen molar-refractivity contribution in [3.63, 3.8) is 0 Å². The molecule has 1 saturated heterocycles. The van der Waals surface area contributed by atoms with Gasteiger partial charge >= 0.3 is 0 Å². The molecule has 2 atom stereocenters. The summed E-state index contributed by atoms with van der Waals surface area (Å²) in [6, 6.07) is 4.39. The molecule has 0 amide bonds. The van der Waals surface area contributed by atoms with Crippen LogP contribution in [0.5, 0.6) is 0 Å². The van der Waals surface area contributed by atoms with Gasteiger partial charge in [-0.1, -0.05) is 0 Å². The van der Waals surface area contributed by atoms with Gasteiger partial charge in [0.05, 0.1) is 0 Å². The van der Waals surface area contributed by atoms with Crippen molar-refractivity contribution >= 4 is 23.5 Å². The van der Waals surface area contributed by atoms with Crippen molar-refractivity contribution in [2.24, 2.45) is 5.73 Å². The average Bonchev–Trinajstić information content (AvgIpc) is 2.31. The lowest BCUT2D eigenvalue weighted by Crippen LogP contribution is -2.38. The van der Waals surface area contributed by atoms with Crippen LogP contribution in [-0.2, 0) is 6.42 Å². The summed E-state index contributed by atoms with van der Waals surface area (Å²) < 4.78 is 0.